The zero-order valence-corrected chi connectivity index (χ0v) is 11.8. The van der Waals surface area contributed by atoms with E-state index in [0.717, 1.165) is 0 Å². The summed E-state index contributed by atoms with van der Waals surface area (Å²) in [5, 5.41) is 8.55. The summed E-state index contributed by atoms with van der Waals surface area (Å²) in [6, 6.07) is 6.00. The van der Waals surface area contributed by atoms with E-state index < -0.39 is 24.3 Å². The second-order valence-corrected chi connectivity index (χ2v) is 4.04. The molecule has 1 aromatic rings. The minimum Gasteiger partial charge on any atom is -0.390 e. The Balaban J connectivity index is 0.00000154. The first-order valence-electron chi connectivity index (χ1n) is 6.30. The largest absolute Gasteiger partial charge is 0.390 e. The molecular weight excluding hydrogens is 253 g/mol. The van der Waals surface area contributed by atoms with Gasteiger partial charge in [-0.15, -0.1) is 0 Å². The van der Waals surface area contributed by atoms with Crippen LogP contribution in [0.15, 0.2) is 30.3 Å². The van der Waals surface area contributed by atoms with Gasteiger partial charge in [0.1, 0.15) is 12.4 Å². The second-order valence-electron chi connectivity index (χ2n) is 4.04. The van der Waals surface area contributed by atoms with E-state index in [-0.39, 0.29) is 0 Å². The standard InChI is InChI=1S/C13H15F3O.C2H6/c1-9(7-10(2)13(15,16)8-17)11-5-3-4-6-12(11)14;1-2/h3-7,10,17H,8H2,1-2H3;1-2H3/b9-7+;/t10-;/m0./s1. The Morgan fingerprint density at radius 1 is 1.32 bits per heavy atom. The van der Waals surface area contributed by atoms with Crippen molar-refractivity contribution in [3.05, 3.63) is 41.7 Å². The number of halogens is 3. The van der Waals surface area contributed by atoms with Crippen molar-refractivity contribution in [2.45, 2.75) is 33.6 Å². The Morgan fingerprint density at radius 2 is 1.84 bits per heavy atom. The molecule has 1 nitrogen and oxygen atoms in total. The van der Waals surface area contributed by atoms with Crippen LogP contribution in [0.4, 0.5) is 13.2 Å². The van der Waals surface area contributed by atoms with Crippen molar-refractivity contribution in [1.29, 1.82) is 0 Å². The Morgan fingerprint density at radius 3 is 2.32 bits per heavy atom. The number of allylic oxidation sites excluding steroid dienone is 2. The molecule has 0 aromatic heterocycles. The van der Waals surface area contributed by atoms with E-state index in [0.29, 0.717) is 11.1 Å². The number of hydrogen-bond donors (Lipinski definition) is 1. The van der Waals surface area contributed by atoms with E-state index in [2.05, 4.69) is 0 Å². The normalized spacial score (nSPS) is 13.6. The minimum absolute atomic E-state index is 0.299. The molecule has 1 rings (SSSR count). The fraction of sp³-hybridized carbons (Fsp3) is 0.467. The van der Waals surface area contributed by atoms with Gasteiger partial charge in [0.15, 0.2) is 0 Å². The molecule has 0 saturated carbocycles. The summed E-state index contributed by atoms with van der Waals surface area (Å²) in [5.74, 6) is -4.78. The molecule has 0 radical (unpaired) electrons. The third kappa shape index (κ3) is 5.07. The lowest BCUT2D eigenvalue weighted by molar-refractivity contribution is -0.0778. The van der Waals surface area contributed by atoms with Gasteiger partial charge in [-0.1, -0.05) is 45.0 Å². The fourth-order valence-electron chi connectivity index (χ4n) is 1.51. The summed E-state index contributed by atoms with van der Waals surface area (Å²) in [6.45, 7) is 5.65. The number of hydrogen-bond acceptors (Lipinski definition) is 1. The van der Waals surface area contributed by atoms with Crippen LogP contribution in [0.25, 0.3) is 5.57 Å². The third-order valence-corrected chi connectivity index (χ3v) is 2.68. The van der Waals surface area contributed by atoms with Crippen LogP contribution in [0.2, 0.25) is 0 Å². The summed E-state index contributed by atoms with van der Waals surface area (Å²) in [6.07, 6.45) is 1.27. The number of benzene rings is 1. The summed E-state index contributed by atoms with van der Waals surface area (Å²) >= 11 is 0. The van der Waals surface area contributed by atoms with Crippen LogP contribution in [0.3, 0.4) is 0 Å². The minimum atomic E-state index is -3.19. The molecule has 0 unspecified atom stereocenters. The molecule has 0 fully saturated rings. The highest BCUT2D eigenvalue weighted by Crippen LogP contribution is 2.28. The van der Waals surface area contributed by atoms with E-state index in [4.69, 9.17) is 5.11 Å². The predicted molar refractivity (Wildman–Crippen MR) is 72.6 cm³/mol. The van der Waals surface area contributed by atoms with Gasteiger partial charge < -0.3 is 5.11 Å². The van der Waals surface area contributed by atoms with Gasteiger partial charge >= 0.3 is 0 Å². The molecule has 108 valence electrons. The summed E-state index contributed by atoms with van der Waals surface area (Å²) < 4.78 is 39.7. The summed E-state index contributed by atoms with van der Waals surface area (Å²) in [7, 11) is 0. The average Bonchev–Trinajstić information content (AvgIpc) is 2.41. The fourth-order valence-corrected chi connectivity index (χ4v) is 1.51. The SMILES string of the molecule is C/C(=C\[C@H](C)C(F)(F)CO)c1ccccc1F.CC. The predicted octanol–water partition coefficient (Wildman–Crippen LogP) is 4.52. The first-order valence-corrected chi connectivity index (χ1v) is 6.30. The molecule has 1 atom stereocenters. The maximum atomic E-state index is 13.4. The maximum Gasteiger partial charge on any atom is 0.276 e. The van der Waals surface area contributed by atoms with Gasteiger partial charge in [0.05, 0.1) is 0 Å². The maximum absolute atomic E-state index is 13.4. The first-order chi connectivity index (χ1) is 8.88. The Kier molecular flexibility index (Phi) is 7.45. The van der Waals surface area contributed by atoms with Crippen LogP contribution in [0.1, 0.15) is 33.3 Å². The van der Waals surface area contributed by atoms with Crippen molar-refractivity contribution in [3.8, 4) is 0 Å². The molecule has 0 bridgehead atoms. The Labute approximate surface area is 112 Å². The Hall–Kier alpha value is -1.29. The van der Waals surface area contributed by atoms with E-state index in [1.54, 1.807) is 13.0 Å². The lowest BCUT2D eigenvalue weighted by Gasteiger charge is -2.19. The van der Waals surface area contributed by atoms with Gasteiger partial charge in [0.25, 0.3) is 5.92 Å². The molecule has 19 heavy (non-hydrogen) atoms. The van der Waals surface area contributed by atoms with Crippen LogP contribution >= 0.6 is 0 Å². The summed E-state index contributed by atoms with van der Waals surface area (Å²) in [5.41, 5.74) is 0.733. The van der Waals surface area contributed by atoms with Crippen LogP contribution in [0.5, 0.6) is 0 Å². The molecule has 0 amide bonds. The van der Waals surface area contributed by atoms with E-state index in [9.17, 15) is 13.2 Å². The van der Waals surface area contributed by atoms with Crippen molar-refractivity contribution in [3.63, 3.8) is 0 Å². The van der Waals surface area contributed by atoms with Crippen LogP contribution in [-0.4, -0.2) is 17.6 Å². The number of aliphatic hydroxyl groups excluding tert-OH is 1. The van der Waals surface area contributed by atoms with E-state index in [1.807, 2.05) is 13.8 Å². The highest BCUT2D eigenvalue weighted by Gasteiger charge is 2.34. The van der Waals surface area contributed by atoms with Crippen LogP contribution < -0.4 is 0 Å². The molecule has 0 heterocycles. The van der Waals surface area contributed by atoms with Gasteiger partial charge in [0.2, 0.25) is 0 Å². The zero-order valence-electron chi connectivity index (χ0n) is 11.8. The number of alkyl halides is 2. The molecule has 4 heteroatoms. The molecule has 1 aromatic carbocycles. The highest BCUT2D eigenvalue weighted by atomic mass is 19.3. The smallest absolute Gasteiger partial charge is 0.276 e. The molecule has 1 N–H and O–H groups in total. The average molecular weight is 274 g/mol. The molecule has 0 aliphatic rings. The zero-order chi connectivity index (χ0) is 15.1. The lowest BCUT2D eigenvalue weighted by Crippen LogP contribution is -2.29. The quantitative estimate of drug-likeness (QED) is 0.856. The first kappa shape index (κ1) is 17.7. The van der Waals surface area contributed by atoms with E-state index in [1.165, 1.54) is 31.2 Å². The third-order valence-electron chi connectivity index (χ3n) is 2.68. The topological polar surface area (TPSA) is 20.2 Å². The van der Waals surface area contributed by atoms with Gasteiger partial charge in [-0.2, -0.15) is 0 Å². The second kappa shape index (κ2) is 8.00. The van der Waals surface area contributed by atoms with Gasteiger partial charge in [0, 0.05) is 11.5 Å². The number of aliphatic hydroxyl groups is 1. The molecule has 0 aliphatic carbocycles. The van der Waals surface area contributed by atoms with Crippen molar-refractivity contribution in [1.82, 2.24) is 0 Å². The monoisotopic (exact) mass is 274 g/mol. The molecule has 0 aliphatic heterocycles. The Bertz CT molecular complexity index is 414. The number of rotatable bonds is 4. The molecular formula is C15H21F3O. The van der Waals surface area contributed by atoms with Crippen molar-refractivity contribution < 1.29 is 18.3 Å². The van der Waals surface area contributed by atoms with Crippen molar-refractivity contribution in [2.75, 3.05) is 6.61 Å². The van der Waals surface area contributed by atoms with Crippen molar-refractivity contribution >= 4 is 5.57 Å². The summed E-state index contributed by atoms with van der Waals surface area (Å²) in [4.78, 5) is 0. The van der Waals surface area contributed by atoms with Crippen LogP contribution in [0, 0.1) is 11.7 Å². The van der Waals surface area contributed by atoms with Crippen LogP contribution in [-0.2, 0) is 0 Å². The van der Waals surface area contributed by atoms with Crippen molar-refractivity contribution in [2.24, 2.45) is 5.92 Å². The van der Waals surface area contributed by atoms with Gasteiger partial charge in [-0.25, -0.2) is 13.2 Å². The van der Waals surface area contributed by atoms with Gasteiger partial charge in [-0.3, -0.25) is 0 Å². The molecule has 0 spiro atoms. The highest BCUT2D eigenvalue weighted by molar-refractivity contribution is 5.64. The van der Waals surface area contributed by atoms with E-state index >= 15 is 0 Å². The lowest BCUT2D eigenvalue weighted by atomic mass is 9.97. The van der Waals surface area contributed by atoms with Gasteiger partial charge in [-0.05, 0) is 18.6 Å². The molecule has 0 saturated heterocycles.